The Kier molecular flexibility index (Phi) is 3.64. The van der Waals surface area contributed by atoms with Gasteiger partial charge in [0, 0.05) is 10.6 Å². The van der Waals surface area contributed by atoms with E-state index in [1.165, 1.54) is 0 Å². The minimum absolute atomic E-state index is 0.0546. The quantitative estimate of drug-likeness (QED) is 0.652. The fourth-order valence-corrected chi connectivity index (χ4v) is 4.13. The number of hydrogen-bond donors (Lipinski definition) is 0. The molecule has 1 aliphatic rings. The monoisotopic (exact) mass is 317 g/mol. The Morgan fingerprint density at radius 2 is 1.35 bits per heavy atom. The summed E-state index contributed by atoms with van der Waals surface area (Å²) >= 11 is 1.72. The molecule has 0 saturated carbocycles. The fraction of sp³-hybridized carbons (Fsp3) is 0.0500. The largest absolute Gasteiger partial charge is 0.291 e. The first kappa shape index (κ1) is 14.1. The van der Waals surface area contributed by atoms with Crippen molar-refractivity contribution in [1.82, 2.24) is 0 Å². The van der Waals surface area contributed by atoms with Crippen LogP contribution < -0.4 is 4.90 Å². The van der Waals surface area contributed by atoms with Gasteiger partial charge in [-0.25, -0.2) is 0 Å². The Bertz CT molecular complexity index is 833. The highest BCUT2D eigenvalue weighted by molar-refractivity contribution is 7.99. The molecule has 3 heteroatoms. The summed E-state index contributed by atoms with van der Waals surface area (Å²) in [6.07, 6.45) is 0. The van der Waals surface area contributed by atoms with Crippen LogP contribution in [0.1, 0.15) is 21.3 Å². The van der Waals surface area contributed by atoms with Gasteiger partial charge in [-0.15, -0.1) is 0 Å². The molecule has 0 radical (unpaired) electrons. The lowest BCUT2D eigenvalue weighted by atomic mass is 10.1. The van der Waals surface area contributed by atoms with E-state index in [0.717, 1.165) is 21.7 Å². The van der Waals surface area contributed by atoms with Crippen molar-refractivity contribution in [2.24, 2.45) is 0 Å². The molecule has 0 fully saturated rings. The number of benzene rings is 3. The first-order valence-corrected chi connectivity index (χ1v) is 8.42. The first-order valence-electron chi connectivity index (χ1n) is 7.54. The van der Waals surface area contributed by atoms with Crippen molar-refractivity contribution in [2.45, 2.75) is 10.3 Å². The number of amides is 1. The standard InChI is InChI=1S/C20H15NOS/c22-19-17-13-7-8-14-18(17)23-20(15-9-3-1-4-10-15)21(19)16-11-5-2-6-12-16/h1-14,20H. The van der Waals surface area contributed by atoms with Crippen LogP contribution in [0.4, 0.5) is 5.69 Å². The molecular weight excluding hydrogens is 302 g/mol. The first-order chi connectivity index (χ1) is 11.3. The van der Waals surface area contributed by atoms with Crippen molar-refractivity contribution in [1.29, 1.82) is 0 Å². The Labute approximate surface area is 139 Å². The zero-order valence-electron chi connectivity index (χ0n) is 12.4. The minimum atomic E-state index is -0.0546. The normalized spacial score (nSPS) is 17.0. The Morgan fingerprint density at radius 3 is 2.09 bits per heavy atom. The van der Waals surface area contributed by atoms with Gasteiger partial charge in [0.05, 0.1) is 5.56 Å². The Balaban J connectivity index is 1.87. The van der Waals surface area contributed by atoms with Crippen molar-refractivity contribution in [3.8, 4) is 0 Å². The van der Waals surface area contributed by atoms with Crippen LogP contribution in [-0.2, 0) is 0 Å². The Hall–Kier alpha value is -2.52. The van der Waals surface area contributed by atoms with E-state index in [-0.39, 0.29) is 11.3 Å². The number of thioether (sulfide) groups is 1. The van der Waals surface area contributed by atoms with Gasteiger partial charge in [0.15, 0.2) is 0 Å². The van der Waals surface area contributed by atoms with E-state index in [0.29, 0.717) is 0 Å². The molecule has 4 rings (SSSR count). The van der Waals surface area contributed by atoms with Crippen molar-refractivity contribution in [2.75, 3.05) is 4.90 Å². The third kappa shape index (κ3) is 2.53. The van der Waals surface area contributed by atoms with E-state index >= 15 is 0 Å². The number of fused-ring (bicyclic) bond motifs is 1. The number of nitrogens with zero attached hydrogens (tertiary/aromatic N) is 1. The maximum absolute atomic E-state index is 13.1. The lowest BCUT2D eigenvalue weighted by Gasteiger charge is -2.36. The molecule has 1 atom stereocenters. The van der Waals surface area contributed by atoms with E-state index in [1.807, 2.05) is 77.7 Å². The summed E-state index contributed by atoms with van der Waals surface area (Å²) in [5.41, 5.74) is 2.83. The van der Waals surface area contributed by atoms with Crippen LogP contribution in [0.25, 0.3) is 0 Å². The van der Waals surface area contributed by atoms with Gasteiger partial charge in [0.25, 0.3) is 5.91 Å². The summed E-state index contributed by atoms with van der Waals surface area (Å²) < 4.78 is 0. The molecule has 0 spiro atoms. The minimum Gasteiger partial charge on any atom is -0.291 e. The van der Waals surface area contributed by atoms with Gasteiger partial charge in [-0.3, -0.25) is 9.69 Å². The summed E-state index contributed by atoms with van der Waals surface area (Å²) in [6, 6.07) is 27.9. The summed E-state index contributed by atoms with van der Waals surface area (Å²) in [6.45, 7) is 0. The van der Waals surface area contributed by atoms with Gasteiger partial charge in [-0.05, 0) is 29.8 Å². The van der Waals surface area contributed by atoms with Crippen LogP contribution in [0.5, 0.6) is 0 Å². The van der Waals surface area contributed by atoms with Gasteiger partial charge in [-0.2, -0.15) is 0 Å². The molecule has 112 valence electrons. The third-order valence-electron chi connectivity index (χ3n) is 3.93. The summed E-state index contributed by atoms with van der Waals surface area (Å²) in [4.78, 5) is 16.0. The summed E-state index contributed by atoms with van der Waals surface area (Å²) in [7, 11) is 0. The molecular formula is C20H15NOS. The van der Waals surface area contributed by atoms with Crippen LogP contribution in [0.2, 0.25) is 0 Å². The van der Waals surface area contributed by atoms with Crippen molar-refractivity contribution in [3.05, 3.63) is 96.1 Å². The average Bonchev–Trinajstić information content (AvgIpc) is 2.63. The topological polar surface area (TPSA) is 20.3 Å². The average molecular weight is 317 g/mol. The molecule has 0 aliphatic carbocycles. The zero-order chi connectivity index (χ0) is 15.6. The molecule has 1 unspecified atom stereocenters. The Morgan fingerprint density at radius 1 is 0.739 bits per heavy atom. The molecule has 0 saturated heterocycles. The lowest BCUT2D eigenvalue weighted by Crippen LogP contribution is -2.36. The van der Waals surface area contributed by atoms with Crippen molar-refractivity contribution < 1.29 is 4.79 Å². The van der Waals surface area contributed by atoms with Crippen molar-refractivity contribution >= 4 is 23.4 Å². The third-order valence-corrected chi connectivity index (χ3v) is 5.24. The summed E-state index contributed by atoms with van der Waals surface area (Å²) in [5, 5.41) is -0.0546. The smallest absolute Gasteiger partial charge is 0.260 e. The second kappa shape index (κ2) is 5.94. The van der Waals surface area contributed by atoms with E-state index in [9.17, 15) is 4.79 Å². The maximum atomic E-state index is 13.1. The molecule has 3 aromatic carbocycles. The van der Waals surface area contributed by atoms with Crippen LogP contribution in [0.3, 0.4) is 0 Å². The molecule has 1 heterocycles. The van der Waals surface area contributed by atoms with Gasteiger partial charge < -0.3 is 0 Å². The molecule has 0 aromatic heterocycles. The summed E-state index contributed by atoms with van der Waals surface area (Å²) in [5.74, 6) is 0.0550. The molecule has 2 nitrogen and oxygen atoms in total. The number of hydrogen-bond acceptors (Lipinski definition) is 2. The molecule has 0 bridgehead atoms. The van der Waals surface area contributed by atoms with Gasteiger partial charge in [-0.1, -0.05) is 72.4 Å². The second-order valence-electron chi connectivity index (χ2n) is 5.39. The highest BCUT2D eigenvalue weighted by atomic mass is 32.2. The van der Waals surface area contributed by atoms with Gasteiger partial charge in [0.2, 0.25) is 0 Å². The van der Waals surface area contributed by atoms with E-state index in [2.05, 4.69) is 12.1 Å². The zero-order valence-corrected chi connectivity index (χ0v) is 13.2. The maximum Gasteiger partial charge on any atom is 0.260 e. The second-order valence-corrected chi connectivity index (χ2v) is 6.51. The van der Waals surface area contributed by atoms with E-state index < -0.39 is 0 Å². The fourth-order valence-electron chi connectivity index (χ4n) is 2.83. The highest BCUT2D eigenvalue weighted by Crippen LogP contribution is 2.46. The van der Waals surface area contributed by atoms with Crippen LogP contribution in [0.15, 0.2) is 89.8 Å². The number of anilines is 1. The lowest BCUT2D eigenvalue weighted by molar-refractivity contribution is 0.0979. The van der Waals surface area contributed by atoms with Gasteiger partial charge in [0.1, 0.15) is 5.37 Å². The van der Waals surface area contributed by atoms with Crippen LogP contribution in [0, 0.1) is 0 Å². The van der Waals surface area contributed by atoms with Crippen molar-refractivity contribution in [3.63, 3.8) is 0 Å². The molecule has 0 N–H and O–H groups in total. The predicted molar refractivity (Wildman–Crippen MR) is 94.7 cm³/mol. The van der Waals surface area contributed by atoms with Gasteiger partial charge >= 0.3 is 0 Å². The predicted octanol–water partition coefficient (Wildman–Crippen LogP) is 5.14. The molecule has 3 aromatic rings. The number of carbonyl (C=O) groups is 1. The van der Waals surface area contributed by atoms with E-state index in [1.54, 1.807) is 11.8 Å². The SMILES string of the molecule is O=C1c2ccccc2SC(c2ccccc2)N1c1ccccc1. The van der Waals surface area contributed by atoms with E-state index in [4.69, 9.17) is 0 Å². The van der Waals surface area contributed by atoms with Crippen LogP contribution in [-0.4, -0.2) is 5.91 Å². The van der Waals surface area contributed by atoms with Crippen LogP contribution >= 0.6 is 11.8 Å². The molecule has 1 aliphatic heterocycles. The molecule has 1 amide bonds. The molecule has 23 heavy (non-hydrogen) atoms. The highest BCUT2D eigenvalue weighted by Gasteiger charge is 2.34. The number of rotatable bonds is 2. The number of para-hydroxylation sites is 1. The number of carbonyl (C=O) groups excluding carboxylic acids is 1.